The number of alkyl halides is 2. The van der Waals surface area contributed by atoms with E-state index in [1.54, 1.807) is 12.1 Å². The van der Waals surface area contributed by atoms with Gasteiger partial charge in [0.15, 0.2) is 7.14 Å². The molecular formula is C79H144F2O2P2. The molecule has 5 aromatic carbocycles. The number of hydrogen-bond donors (Lipinski definition) is 0. The Morgan fingerprint density at radius 3 is 0.682 bits per heavy atom. The number of allylic oxidation sites excluding steroid dienone is 1. The van der Waals surface area contributed by atoms with Crippen molar-refractivity contribution >= 4 is 14.3 Å². The summed E-state index contributed by atoms with van der Waals surface area (Å²) in [6, 6.07) is 48.0. The van der Waals surface area contributed by atoms with Gasteiger partial charge in [0.05, 0.1) is 7.14 Å². The van der Waals surface area contributed by atoms with Crippen LogP contribution in [0.3, 0.4) is 0 Å². The van der Waals surface area contributed by atoms with Gasteiger partial charge in [0, 0.05) is 11.7 Å². The minimum atomic E-state index is -3.42. The van der Waals surface area contributed by atoms with Gasteiger partial charge < -0.3 is 9.13 Å². The lowest BCUT2D eigenvalue weighted by atomic mass is 10.2. The Balaban J connectivity index is -0.0000000911. The van der Waals surface area contributed by atoms with E-state index in [2.05, 4.69) is 174 Å². The smallest absolute Gasteiger partial charge is 0.322 e. The van der Waals surface area contributed by atoms with Crippen LogP contribution in [0.5, 0.6) is 0 Å². The molecule has 0 fully saturated rings. The molecule has 0 unspecified atom stereocenters. The first-order chi connectivity index (χ1) is 40.4. The molecule has 5 aromatic rings. The molecule has 0 N–H and O–H groups in total. The summed E-state index contributed by atoms with van der Waals surface area (Å²) in [5, 5.41) is 0. The molecule has 0 bridgehead atoms. The summed E-state index contributed by atoms with van der Waals surface area (Å²) in [5.74, 6) is 0. The number of halogens is 2. The van der Waals surface area contributed by atoms with Crippen LogP contribution in [-0.2, 0) is 21.0 Å². The fraction of sp³-hybridized carbons (Fsp3) is 0.570. The van der Waals surface area contributed by atoms with Gasteiger partial charge >= 0.3 is 5.66 Å². The molecule has 0 heterocycles. The SMILES string of the molecule is C=C.C=CC.CC.CCCC.CCCC.CCCC.CCCCC.CCCCC.CCCCC.CCCCCC.CP(C)(=O)C(F)(F)c1ccccc1.CP(C)(=O)Cc1ccccc1.Cc1ccccc1.Cc1ccccc1.Cc1ccccc1. The van der Waals surface area contributed by atoms with Crippen molar-refractivity contribution < 1.29 is 17.9 Å². The molecule has 0 aliphatic rings. The standard InChI is InChI=1S/C9H11F2OP.C9H13OP.3C7H8.C6H14.3C5H12.3C4H10.C3H6.C2H6.C2H4/c1-13(2,12)9(10,11)8-6-4-3-5-7-8;1-11(2,10)8-9-6-4-3-5-7-9;3*1-7-5-3-2-4-6-7;1-3-5-6-4-2;3*1-3-5-4-2;3*1-3-4-2;1-3-2;2*1-2/h3-7H,1-2H3;3-7H,8H2,1-2H3;3*2-6H,1H3;3-6H2,1-2H3;3*3-5H2,1-2H3;3*3-4H2,1-2H3;3H,1H2,2H3;1-2H3;1-2H2. The van der Waals surface area contributed by atoms with Crippen LogP contribution in [0.15, 0.2) is 177 Å². The third kappa shape index (κ3) is 105. The van der Waals surface area contributed by atoms with E-state index in [9.17, 15) is 17.9 Å². The van der Waals surface area contributed by atoms with Gasteiger partial charge in [-0.05, 0) is 59.9 Å². The Kier molecular flexibility index (Phi) is 107. The second-order valence-corrected chi connectivity index (χ2v) is 27.3. The van der Waals surface area contributed by atoms with Crippen LogP contribution in [0.1, 0.15) is 268 Å². The van der Waals surface area contributed by atoms with E-state index >= 15 is 0 Å². The minimum absolute atomic E-state index is 0.177. The molecule has 2 nitrogen and oxygen atoms in total. The van der Waals surface area contributed by atoms with Crippen molar-refractivity contribution in [2.75, 3.05) is 26.7 Å². The quantitative estimate of drug-likeness (QED) is 0.0560. The van der Waals surface area contributed by atoms with Crippen LogP contribution in [0, 0.1) is 20.8 Å². The summed E-state index contributed by atoms with van der Waals surface area (Å²) in [6.07, 6.45) is 28.1. The van der Waals surface area contributed by atoms with E-state index < -0.39 is 19.9 Å². The van der Waals surface area contributed by atoms with Crippen molar-refractivity contribution in [3.63, 3.8) is 0 Å². The maximum absolute atomic E-state index is 13.4. The molecule has 0 radical (unpaired) electrons. The lowest BCUT2D eigenvalue weighted by molar-refractivity contribution is 0.0893. The summed E-state index contributed by atoms with van der Waals surface area (Å²) in [7, 11) is -5.31. The molecule has 0 aliphatic carbocycles. The molecule has 85 heavy (non-hydrogen) atoms. The average molecular weight is 1230 g/mol. The maximum atomic E-state index is 13.4. The molecule has 0 aliphatic heterocycles. The van der Waals surface area contributed by atoms with Gasteiger partial charge in [-0.3, -0.25) is 0 Å². The zero-order valence-electron chi connectivity index (χ0n) is 60.7. The van der Waals surface area contributed by atoms with Crippen molar-refractivity contribution in [3.8, 4) is 0 Å². The molecule has 0 saturated carbocycles. The molecule has 0 saturated heterocycles. The summed E-state index contributed by atoms with van der Waals surface area (Å²) in [6.45, 7) is 58.2. The second-order valence-electron chi connectivity index (χ2n) is 20.6. The Morgan fingerprint density at radius 2 is 0.553 bits per heavy atom. The Bertz CT molecular complexity index is 1800. The summed E-state index contributed by atoms with van der Waals surface area (Å²) in [5.41, 5.74) is 1.74. The topological polar surface area (TPSA) is 34.1 Å². The highest BCUT2D eigenvalue weighted by molar-refractivity contribution is 7.63. The molecule has 0 atom stereocenters. The molecule has 496 valence electrons. The molecule has 0 spiro atoms. The maximum Gasteiger partial charge on any atom is 0.322 e. The van der Waals surface area contributed by atoms with Crippen LogP contribution in [-0.4, -0.2) is 26.7 Å². The van der Waals surface area contributed by atoms with Crippen molar-refractivity contribution in [1.82, 2.24) is 0 Å². The first-order valence-electron chi connectivity index (χ1n) is 33.1. The van der Waals surface area contributed by atoms with E-state index in [0.29, 0.717) is 6.16 Å². The van der Waals surface area contributed by atoms with Gasteiger partial charge in [0.25, 0.3) is 0 Å². The van der Waals surface area contributed by atoms with Crippen LogP contribution in [0.4, 0.5) is 8.78 Å². The average Bonchev–Trinajstić information content (AvgIpc) is 3.46. The normalized spacial score (nSPS) is 9.06. The monoisotopic (exact) mass is 1230 g/mol. The highest BCUT2D eigenvalue weighted by atomic mass is 31.2. The molecule has 5 rings (SSSR count). The van der Waals surface area contributed by atoms with Gasteiger partial charge in [0.1, 0.15) is 0 Å². The highest BCUT2D eigenvalue weighted by Gasteiger charge is 2.44. The van der Waals surface area contributed by atoms with Crippen LogP contribution in [0.25, 0.3) is 0 Å². The van der Waals surface area contributed by atoms with Crippen LogP contribution >= 0.6 is 14.3 Å². The van der Waals surface area contributed by atoms with E-state index in [1.807, 2.05) is 119 Å². The first kappa shape index (κ1) is 103. The largest absolute Gasteiger partial charge is 0.324 e. The number of hydrogen-bond acceptors (Lipinski definition) is 2. The van der Waals surface area contributed by atoms with E-state index in [4.69, 9.17) is 0 Å². The number of rotatable bonds is 16. The number of aryl methyl sites for hydroxylation is 3. The van der Waals surface area contributed by atoms with Crippen LogP contribution < -0.4 is 0 Å². The van der Waals surface area contributed by atoms with Gasteiger partial charge in [0.2, 0.25) is 0 Å². The predicted molar refractivity (Wildman–Crippen MR) is 399 cm³/mol. The highest BCUT2D eigenvalue weighted by Crippen LogP contribution is 2.59. The van der Waals surface area contributed by atoms with E-state index in [-0.39, 0.29) is 5.56 Å². The molecule has 0 amide bonds. The van der Waals surface area contributed by atoms with Gasteiger partial charge in [-0.2, -0.15) is 8.78 Å². The minimum Gasteiger partial charge on any atom is -0.324 e. The third-order valence-corrected chi connectivity index (χ3v) is 13.3. The second kappa shape index (κ2) is 88.7. The zero-order valence-corrected chi connectivity index (χ0v) is 62.5. The number of benzene rings is 5. The van der Waals surface area contributed by atoms with Crippen molar-refractivity contribution in [2.24, 2.45) is 0 Å². The zero-order chi connectivity index (χ0) is 67.9. The fourth-order valence-electron chi connectivity index (χ4n) is 5.14. The summed E-state index contributed by atoms with van der Waals surface area (Å²) in [4.78, 5) is 0. The van der Waals surface area contributed by atoms with E-state index in [0.717, 1.165) is 13.3 Å². The Morgan fingerprint density at radius 1 is 0.365 bits per heavy atom. The Hall–Kier alpha value is -4.10. The third-order valence-electron chi connectivity index (χ3n) is 10.6. The molecule has 0 aromatic heterocycles. The lowest BCUT2D eigenvalue weighted by Gasteiger charge is -2.20. The number of unbranched alkanes of at least 4 members (excludes halogenated alkanes) is 12. The fourth-order valence-corrected chi connectivity index (χ4v) is 7.00. The van der Waals surface area contributed by atoms with Crippen molar-refractivity contribution in [2.45, 2.75) is 272 Å². The lowest BCUT2D eigenvalue weighted by Crippen LogP contribution is -2.12. The summed E-state index contributed by atoms with van der Waals surface area (Å²) >= 11 is 0. The first-order valence-corrected chi connectivity index (χ1v) is 38.5. The van der Waals surface area contributed by atoms with Crippen molar-refractivity contribution in [3.05, 3.63) is 205 Å². The van der Waals surface area contributed by atoms with Crippen molar-refractivity contribution in [1.29, 1.82) is 0 Å². The Labute approximate surface area is 533 Å². The van der Waals surface area contributed by atoms with Gasteiger partial charge in [-0.25, -0.2) is 0 Å². The van der Waals surface area contributed by atoms with Crippen LogP contribution in [0.2, 0.25) is 0 Å². The van der Waals surface area contributed by atoms with E-state index in [1.165, 1.54) is 169 Å². The molecular weight excluding hydrogens is 1080 g/mol. The predicted octanol–water partition coefficient (Wildman–Crippen LogP) is 29.8. The molecule has 6 heteroatoms. The van der Waals surface area contributed by atoms with Gasteiger partial charge in [-0.15, -0.1) is 19.7 Å². The summed E-state index contributed by atoms with van der Waals surface area (Å²) < 4.78 is 49.5. The van der Waals surface area contributed by atoms with Gasteiger partial charge in [-0.1, -0.05) is 407 Å².